The first-order valence-electron chi connectivity index (χ1n) is 12.9. The predicted octanol–water partition coefficient (Wildman–Crippen LogP) is 3.75. The molecular formula is C29H35N5O4. The smallest absolute Gasteiger partial charge is 0.254 e. The van der Waals surface area contributed by atoms with Crippen LogP contribution >= 0.6 is 0 Å². The highest BCUT2D eigenvalue weighted by atomic mass is 16.5. The highest BCUT2D eigenvalue weighted by Gasteiger charge is 2.26. The number of hydrogen-bond donors (Lipinski definition) is 0. The number of hydrogen-bond acceptors (Lipinski definition) is 7. The van der Waals surface area contributed by atoms with Gasteiger partial charge in [-0.2, -0.15) is 0 Å². The van der Waals surface area contributed by atoms with Crippen molar-refractivity contribution in [1.29, 1.82) is 0 Å². The topological polar surface area (TPSA) is 88.1 Å². The fraction of sp³-hybridized carbons (Fsp3) is 0.379. The number of rotatable bonds is 8. The summed E-state index contributed by atoms with van der Waals surface area (Å²) in [5.74, 6) is 2.01. The molecule has 0 radical (unpaired) electrons. The normalized spacial score (nSPS) is 13.7. The van der Waals surface area contributed by atoms with Crippen molar-refractivity contribution in [3.63, 3.8) is 0 Å². The van der Waals surface area contributed by atoms with Gasteiger partial charge in [-0.15, -0.1) is 10.2 Å². The number of amides is 2. The van der Waals surface area contributed by atoms with E-state index in [0.717, 1.165) is 35.8 Å². The number of carbonyl (C=O) groups is 2. The Kier molecular flexibility index (Phi) is 8.78. The molecule has 0 saturated carbocycles. The minimum Gasteiger partial charge on any atom is -0.497 e. The van der Waals surface area contributed by atoms with Gasteiger partial charge in [0.25, 0.3) is 5.91 Å². The van der Waals surface area contributed by atoms with Crippen LogP contribution in [-0.2, 0) is 4.79 Å². The molecule has 3 aromatic rings. The van der Waals surface area contributed by atoms with Gasteiger partial charge >= 0.3 is 0 Å². The zero-order chi connectivity index (χ0) is 27.1. The molecule has 0 spiro atoms. The predicted molar refractivity (Wildman–Crippen MR) is 147 cm³/mol. The zero-order valence-corrected chi connectivity index (χ0v) is 22.5. The maximum Gasteiger partial charge on any atom is 0.254 e. The maximum absolute atomic E-state index is 13.3. The summed E-state index contributed by atoms with van der Waals surface area (Å²) in [5, 5.41) is 8.88. The Hall–Kier alpha value is -4.14. The van der Waals surface area contributed by atoms with Crippen molar-refractivity contribution in [3.8, 4) is 22.8 Å². The van der Waals surface area contributed by atoms with Crippen LogP contribution in [0.5, 0.6) is 11.5 Å². The molecule has 1 aliphatic heterocycles. The third-order valence-electron chi connectivity index (χ3n) is 6.72. The Labute approximate surface area is 224 Å². The lowest BCUT2D eigenvalue weighted by molar-refractivity contribution is -0.132. The summed E-state index contributed by atoms with van der Waals surface area (Å²) >= 11 is 0. The Morgan fingerprint density at radius 1 is 0.895 bits per heavy atom. The van der Waals surface area contributed by atoms with Gasteiger partial charge < -0.3 is 24.2 Å². The molecule has 0 bridgehead atoms. The molecule has 2 heterocycles. The van der Waals surface area contributed by atoms with Crippen molar-refractivity contribution in [2.75, 3.05) is 51.8 Å². The van der Waals surface area contributed by atoms with E-state index in [1.54, 1.807) is 43.4 Å². The molecule has 0 N–H and O–H groups in total. The van der Waals surface area contributed by atoms with E-state index in [0.29, 0.717) is 30.9 Å². The quantitative estimate of drug-likeness (QED) is 0.450. The van der Waals surface area contributed by atoms with Crippen LogP contribution in [-0.4, -0.2) is 84.8 Å². The van der Waals surface area contributed by atoms with Gasteiger partial charge in [0.05, 0.1) is 19.9 Å². The van der Waals surface area contributed by atoms with Gasteiger partial charge in [-0.25, -0.2) is 0 Å². The van der Waals surface area contributed by atoms with E-state index in [9.17, 15) is 9.59 Å². The average Bonchev–Trinajstić information content (AvgIpc) is 3.22. The summed E-state index contributed by atoms with van der Waals surface area (Å²) in [4.78, 5) is 32.0. The van der Waals surface area contributed by atoms with Crippen LogP contribution in [0.3, 0.4) is 0 Å². The van der Waals surface area contributed by atoms with E-state index in [1.807, 2.05) is 55.1 Å². The molecule has 9 heteroatoms. The van der Waals surface area contributed by atoms with Crippen LogP contribution in [0, 0.1) is 0 Å². The first-order valence-corrected chi connectivity index (χ1v) is 12.9. The molecule has 38 heavy (non-hydrogen) atoms. The summed E-state index contributed by atoms with van der Waals surface area (Å²) < 4.78 is 10.5. The highest BCUT2D eigenvalue weighted by molar-refractivity contribution is 5.96. The van der Waals surface area contributed by atoms with Crippen LogP contribution < -0.4 is 14.4 Å². The molecular weight excluding hydrogens is 482 g/mol. The van der Waals surface area contributed by atoms with E-state index in [-0.39, 0.29) is 24.4 Å². The molecule has 2 amide bonds. The Bertz CT molecular complexity index is 1230. The van der Waals surface area contributed by atoms with Gasteiger partial charge in [0.1, 0.15) is 18.0 Å². The molecule has 2 aromatic carbocycles. The van der Waals surface area contributed by atoms with Gasteiger partial charge in [0, 0.05) is 43.3 Å². The Morgan fingerprint density at radius 2 is 1.66 bits per heavy atom. The van der Waals surface area contributed by atoms with Gasteiger partial charge in [-0.05, 0) is 68.8 Å². The molecule has 0 aliphatic carbocycles. The molecule has 1 fully saturated rings. The number of nitrogens with zero attached hydrogens (tertiary/aromatic N) is 5. The second-order valence-electron chi connectivity index (χ2n) is 9.49. The molecule has 200 valence electrons. The number of methoxy groups -OCH3 is 2. The van der Waals surface area contributed by atoms with E-state index >= 15 is 0 Å². The Morgan fingerprint density at radius 3 is 2.32 bits per heavy atom. The van der Waals surface area contributed by atoms with Gasteiger partial charge in [0.15, 0.2) is 5.82 Å². The third kappa shape index (κ3) is 6.40. The number of aromatic nitrogens is 2. The monoisotopic (exact) mass is 517 g/mol. The van der Waals surface area contributed by atoms with Gasteiger partial charge in [-0.3, -0.25) is 9.59 Å². The van der Waals surface area contributed by atoms with Crippen LogP contribution in [0.4, 0.5) is 5.82 Å². The number of ether oxygens (including phenoxy) is 2. The summed E-state index contributed by atoms with van der Waals surface area (Å²) in [6, 6.07) is 18.5. The van der Waals surface area contributed by atoms with Gasteiger partial charge in [-0.1, -0.05) is 12.1 Å². The maximum atomic E-state index is 13.3. The third-order valence-corrected chi connectivity index (χ3v) is 6.72. The van der Waals surface area contributed by atoms with Crippen molar-refractivity contribution in [1.82, 2.24) is 20.0 Å². The standard InChI is InChI=1S/C29H35N5O4/c1-21(2)34(29(36)22-9-11-24(37-3)12-10-22)20-28(35)33-16-6-15-32(17-18-33)27-14-13-26(30-31-27)23-7-5-8-25(19-23)38-4/h5,7-14,19,21H,6,15-18,20H2,1-4H3. The van der Waals surface area contributed by atoms with Gasteiger partial charge in [0.2, 0.25) is 5.91 Å². The number of carbonyl (C=O) groups excluding carboxylic acids is 2. The Balaban J connectivity index is 1.37. The summed E-state index contributed by atoms with van der Waals surface area (Å²) in [6.07, 6.45) is 0.805. The van der Waals surface area contributed by atoms with Crippen LogP contribution in [0.25, 0.3) is 11.3 Å². The SMILES string of the molecule is COc1ccc(C(=O)N(CC(=O)N2CCCN(c3ccc(-c4cccc(OC)c4)nn3)CC2)C(C)C)cc1. The first kappa shape index (κ1) is 26.9. The fourth-order valence-electron chi connectivity index (χ4n) is 4.46. The van der Waals surface area contributed by atoms with Crippen molar-refractivity contribution in [2.45, 2.75) is 26.3 Å². The van der Waals surface area contributed by atoms with Crippen molar-refractivity contribution in [2.24, 2.45) is 0 Å². The summed E-state index contributed by atoms with van der Waals surface area (Å²) in [6.45, 7) is 6.49. The summed E-state index contributed by atoms with van der Waals surface area (Å²) in [5.41, 5.74) is 2.25. The lowest BCUT2D eigenvalue weighted by Crippen LogP contribution is -2.46. The van der Waals surface area contributed by atoms with Crippen LogP contribution in [0.2, 0.25) is 0 Å². The molecule has 9 nitrogen and oxygen atoms in total. The second kappa shape index (κ2) is 12.4. The molecule has 1 aliphatic rings. The van der Waals surface area contributed by atoms with Crippen LogP contribution in [0.15, 0.2) is 60.7 Å². The largest absolute Gasteiger partial charge is 0.497 e. The van der Waals surface area contributed by atoms with Crippen molar-refractivity contribution >= 4 is 17.6 Å². The lowest BCUT2D eigenvalue weighted by atomic mass is 10.1. The molecule has 0 unspecified atom stereocenters. The lowest BCUT2D eigenvalue weighted by Gasteiger charge is -2.29. The molecule has 4 rings (SSSR count). The minimum absolute atomic E-state index is 0.0393. The van der Waals surface area contributed by atoms with Crippen molar-refractivity contribution in [3.05, 3.63) is 66.2 Å². The molecule has 0 atom stereocenters. The average molecular weight is 518 g/mol. The summed E-state index contributed by atoms with van der Waals surface area (Å²) in [7, 11) is 3.22. The highest BCUT2D eigenvalue weighted by Crippen LogP contribution is 2.23. The molecule has 1 saturated heterocycles. The minimum atomic E-state index is -0.168. The first-order chi connectivity index (χ1) is 18.4. The number of benzene rings is 2. The molecule has 1 aromatic heterocycles. The van der Waals surface area contributed by atoms with E-state index in [4.69, 9.17) is 9.47 Å². The fourth-order valence-corrected chi connectivity index (χ4v) is 4.46. The van der Waals surface area contributed by atoms with Crippen LogP contribution in [0.1, 0.15) is 30.6 Å². The zero-order valence-electron chi connectivity index (χ0n) is 22.5. The van der Waals surface area contributed by atoms with E-state index in [1.165, 1.54) is 0 Å². The second-order valence-corrected chi connectivity index (χ2v) is 9.49. The van der Waals surface area contributed by atoms with E-state index < -0.39 is 0 Å². The van der Waals surface area contributed by atoms with E-state index in [2.05, 4.69) is 15.1 Å². The number of anilines is 1. The van der Waals surface area contributed by atoms with Crippen molar-refractivity contribution < 1.29 is 19.1 Å².